The van der Waals surface area contributed by atoms with Gasteiger partial charge in [-0.05, 0) is 0 Å². The molecule has 7 N–H and O–H groups in total. The molecule has 0 aromatic heterocycles. The van der Waals surface area contributed by atoms with Crippen molar-refractivity contribution in [2.75, 3.05) is 0 Å². The summed E-state index contributed by atoms with van der Waals surface area (Å²) in [6.07, 6.45) is 0. The van der Waals surface area contributed by atoms with Crippen molar-refractivity contribution in [2.45, 2.75) is 0 Å². The van der Waals surface area contributed by atoms with Gasteiger partial charge in [-0.15, -0.1) is 4.91 Å². The van der Waals surface area contributed by atoms with Gasteiger partial charge in [-0.2, -0.15) is 0 Å². The first-order valence-electron chi connectivity index (χ1n) is 1.10. The van der Waals surface area contributed by atoms with E-state index in [4.69, 9.17) is 41.1 Å². The first-order chi connectivity index (χ1) is 4.91. The van der Waals surface area contributed by atoms with E-state index in [2.05, 4.69) is 4.99 Å². The molecule has 0 heterocycles. The van der Waals surface area contributed by atoms with Crippen LogP contribution < -0.4 is 5.26 Å². The Balaban J connectivity index is -0.00000000727. The monoisotopic (exact) mass is 253 g/mol. The van der Waals surface area contributed by atoms with Crippen LogP contribution in [0, 0.1) is 14.8 Å². The minimum absolute atomic E-state index is 0. The molecular weight excluding hydrogens is 246 g/mol. The Kier molecular flexibility index (Phi) is 3320. The Hall–Kier alpha value is -0.761. The minimum Gasteiger partial charge on any atom is -0.870 e. The van der Waals surface area contributed by atoms with Crippen LogP contribution in [0.25, 0.3) is 0 Å². The van der Waals surface area contributed by atoms with Crippen molar-refractivity contribution in [3.63, 3.8) is 0 Å². The van der Waals surface area contributed by atoms with Gasteiger partial charge in [0.15, 0.2) is 0 Å². The molecule has 1 radical (unpaired) electrons. The molecular formula is H7FeNO11+. The van der Waals surface area contributed by atoms with Gasteiger partial charge < -0.3 is 21.2 Å². The van der Waals surface area contributed by atoms with Crippen molar-refractivity contribution < 1.29 is 59.3 Å². The molecule has 0 saturated heterocycles. The van der Waals surface area contributed by atoms with Gasteiger partial charge in [0.25, 0.3) is 0 Å². The van der Waals surface area contributed by atoms with Crippen molar-refractivity contribution in [2.24, 2.45) is 5.34 Å². The second-order valence-corrected chi connectivity index (χ2v) is 0.149. The van der Waals surface area contributed by atoms with Crippen LogP contribution in [0.5, 0.6) is 0 Å². The molecule has 0 bridgehead atoms. The van der Waals surface area contributed by atoms with Gasteiger partial charge in [0, 0.05) is 9.93 Å². The Bertz CT molecular complexity index is 31.3. The molecule has 13 heteroatoms. The first kappa shape index (κ1) is 56.3. The van der Waals surface area contributed by atoms with Crippen molar-refractivity contribution in [1.29, 1.82) is 0 Å². The zero-order valence-corrected chi connectivity index (χ0v) is 6.68. The molecule has 0 aliphatic rings. The Morgan fingerprint density at radius 1 is 1.08 bits per heavy atom. The average molecular weight is 253 g/mol. The number of rotatable bonds is 1. The van der Waals surface area contributed by atoms with Gasteiger partial charge >= 0.3 is 17.1 Å². The average Bonchev–Trinajstić information content (AvgIpc) is 2.14. The van der Waals surface area contributed by atoms with E-state index in [1.165, 1.54) is 5.34 Å². The van der Waals surface area contributed by atoms with Gasteiger partial charge in [0.2, 0.25) is 0 Å². The molecule has 0 rings (SSSR count). The molecule has 0 aliphatic carbocycles. The van der Waals surface area contributed by atoms with Crippen LogP contribution >= 0.6 is 0 Å². The molecule has 85 valence electrons. The van der Waals surface area contributed by atoms with E-state index in [-0.39, 0.29) is 28.0 Å². The van der Waals surface area contributed by atoms with E-state index in [1.807, 2.05) is 0 Å². The van der Waals surface area contributed by atoms with E-state index in [0.717, 1.165) is 0 Å². The summed E-state index contributed by atoms with van der Waals surface area (Å²) in [6, 6.07) is 0. The van der Waals surface area contributed by atoms with E-state index in [1.54, 1.807) is 0 Å². The SMILES string of the molecule is O.O=NO[O-].O=O.OO.OO.[Fe+3].[OH-]. The molecule has 0 aliphatic heterocycles. The van der Waals surface area contributed by atoms with Gasteiger partial charge in [-0.25, -0.2) is 0 Å². The van der Waals surface area contributed by atoms with Crippen LogP contribution in [0.3, 0.4) is 0 Å². The Labute approximate surface area is 80.4 Å². The van der Waals surface area contributed by atoms with Crippen LogP contribution in [0.1, 0.15) is 0 Å². The Morgan fingerprint density at radius 2 is 1.15 bits per heavy atom. The van der Waals surface area contributed by atoms with Gasteiger partial charge in [-0.1, -0.05) is 0 Å². The van der Waals surface area contributed by atoms with Gasteiger partial charge in [-0.3, -0.25) is 21.0 Å². The second kappa shape index (κ2) is 767. The molecule has 0 saturated carbocycles. The van der Waals surface area contributed by atoms with E-state index >= 15 is 0 Å². The summed E-state index contributed by atoms with van der Waals surface area (Å²) in [5, 5.41) is 33.8. The third-order valence-corrected chi connectivity index (χ3v) is 0.0304. The molecule has 0 amide bonds. The van der Waals surface area contributed by atoms with Crippen LogP contribution in [0.4, 0.5) is 0 Å². The second-order valence-electron chi connectivity index (χ2n) is 0.149. The maximum atomic E-state index is 8.39. The van der Waals surface area contributed by atoms with Crippen LogP contribution in [-0.2, 0) is 22.1 Å². The minimum atomic E-state index is 0. The fourth-order valence-corrected chi connectivity index (χ4v) is 0. The molecule has 0 atom stereocenters. The molecule has 12 nitrogen and oxygen atoms in total. The smallest absolute Gasteiger partial charge is 0.870 e. The van der Waals surface area contributed by atoms with Crippen molar-refractivity contribution in [1.82, 2.24) is 0 Å². The van der Waals surface area contributed by atoms with Crippen molar-refractivity contribution in [3.8, 4) is 0 Å². The van der Waals surface area contributed by atoms with Gasteiger partial charge in [0.05, 0.1) is 0 Å². The molecule has 0 fully saturated rings. The standard InChI is InChI=1S/Fe.HNO3.2H2O2.O2.2H2O/c;2-1-4-3;3*1-2;;/h;3H;2*1-2H;;2*1H2/q+3;;;;;;/p-2. The molecule has 0 spiro atoms. The molecule has 0 unspecified atom stereocenters. The summed E-state index contributed by atoms with van der Waals surface area (Å²) < 4.78 is 0. The summed E-state index contributed by atoms with van der Waals surface area (Å²) in [7, 11) is 0. The first-order valence-corrected chi connectivity index (χ1v) is 1.10. The number of hydrogen-bond acceptors (Lipinski definition) is 11. The summed E-state index contributed by atoms with van der Waals surface area (Å²) in [5.41, 5.74) is 0. The zero-order chi connectivity index (χ0) is 9.41. The summed E-state index contributed by atoms with van der Waals surface area (Å²) >= 11 is 0. The Morgan fingerprint density at radius 3 is 1.15 bits per heavy atom. The third-order valence-electron chi connectivity index (χ3n) is 0.0304. The van der Waals surface area contributed by atoms with Crippen molar-refractivity contribution >= 4 is 0 Å². The van der Waals surface area contributed by atoms with E-state index < -0.39 is 0 Å². The van der Waals surface area contributed by atoms with E-state index in [9.17, 15) is 0 Å². The van der Waals surface area contributed by atoms with Crippen molar-refractivity contribution in [3.05, 3.63) is 14.8 Å². The summed E-state index contributed by atoms with van der Waals surface area (Å²) in [4.78, 5) is 24.8. The molecule has 0 aromatic rings. The summed E-state index contributed by atoms with van der Waals surface area (Å²) in [6.45, 7) is 0. The number of nitrogens with zero attached hydrogens (tertiary/aromatic N) is 1. The summed E-state index contributed by atoms with van der Waals surface area (Å²) in [5.74, 6) is 0. The largest absolute Gasteiger partial charge is 3.00 e. The molecule has 13 heavy (non-hydrogen) atoms. The maximum Gasteiger partial charge on any atom is 3.00 e. The van der Waals surface area contributed by atoms with Crippen LogP contribution in [0.2, 0.25) is 0 Å². The fourth-order valence-electron chi connectivity index (χ4n) is 0. The quantitative estimate of drug-likeness (QED) is 0.174. The zero-order valence-electron chi connectivity index (χ0n) is 5.58. The molecule has 0 aromatic carbocycles. The number of hydrogen-bond donors (Lipinski definition) is 4. The van der Waals surface area contributed by atoms with Gasteiger partial charge in [0.1, 0.15) is 5.34 Å². The predicted molar refractivity (Wildman–Crippen MR) is 29.7 cm³/mol. The van der Waals surface area contributed by atoms with Crippen LogP contribution in [-0.4, -0.2) is 32.0 Å². The topological polar surface area (TPSA) is 238 Å². The van der Waals surface area contributed by atoms with Crippen LogP contribution in [0.15, 0.2) is 5.34 Å². The van der Waals surface area contributed by atoms with E-state index in [0.29, 0.717) is 0 Å². The normalized spacial score (nSPS) is 2.85. The fraction of sp³-hybridized carbons (Fsp3) is 0. The predicted octanol–water partition coefficient (Wildman–Crippen LogP) is -1.94. The third kappa shape index (κ3) is 16700. The maximum absolute atomic E-state index is 8.39.